The van der Waals surface area contributed by atoms with Gasteiger partial charge in [0.05, 0.1) is 39.6 Å². The van der Waals surface area contributed by atoms with E-state index in [0.29, 0.717) is 26.4 Å². The third-order valence-electron chi connectivity index (χ3n) is 3.38. The molecule has 0 saturated carbocycles. The number of methoxy groups -OCH3 is 2. The average Bonchev–Trinajstić information content (AvgIpc) is 2.67. The first kappa shape index (κ1) is 23.6. The normalized spacial score (nSPS) is 10.6. The number of hydrogen-bond acceptors (Lipinski definition) is 8. The monoisotopic (exact) mass is 402 g/mol. The minimum absolute atomic E-state index is 0.0522. The Morgan fingerprint density at radius 2 is 1.04 bits per heavy atom. The number of rotatable bonds is 16. The maximum Gasteiger partial charge on any atom is 0.339 e. The molecule has 0 spiro atoms. The summed E-state index contributed by atoms with van der Waals surface area (Å²) in [5.41, 5.74) is -0.422. The Balaban J connectivity index is 2.77. The van der Waals surface area contributed by atoms with Crippen molar-refractivity contribution in [3.8, 4) is 11.5 Å². The van der Waals surface area contributed by atoms with Crippen LogP contribution in [0.4, 0.5) is 0 Å². The van der Waals surface area contributed by atoms with Gasteiger partial charge >= 0.3 is 11.9 Å². The zero-order chi connectivity index (χ0) is 20.8. The van der Waals surface area contributed by atoms with E-state index in [4.69, 9.17) is 28.4 Å². The summed E-state index contributed by atoms with van der Waals surface area (Å²) in [5, 5.41) is 18.8. The van der Waals surface area contributed by atoms with E-state index >= 15 is 0 Å². The summed E-state index contributed by atoms with van der Waals surface area (Å²) in [7, 11) is 3.09. The van der Waals surface area contributed by atoms with Crippen molar-refractivity contribution in [1.82, 2.24) is 0 Å². The lowest BCUT2D eigenvalue weighted by atomic mass is 10.1. The Kier molecular flexibility index (Phi) is 11.6. The predicted molar refractivity (Wildman–Crippen MR) is 96.7 cm³/mol. The van der Waals surface area contributed by atoms with E-state index in [2.05, 4.69) is 0 Å². The topological polar surface area (TPSA) is 130 Å². The van der Waals surface area contributed by atoms with Crippen molar-refractivity contribution in [3.63, 3.8) is 0 Å². The Bertz CT molecular complexity index is 563. The summed E-state index contributed by atoms with van der Waals surface area (Å²) in [6, 6.07) is 2.25. The molecular formula is C18H26O10. The van der Waals surface area contributed by atoms with E-state index in [1.807, 2.05) is 0 Å². The van der Waals surface area contributed by atoms with Gasteiger partial charge in [-0.25, -0.2) is 9.59 Å². The van der Waals surface area contributed by atoms with E-state index in [1.54, 1.807) is 14.2 Å². The van der Waals surface area contributed by atoms with E-state index in [9.17, 15) is 19.8 Å². The summed E-state index contributed by atoms with van der Waals surface area (Å²) in [4.78, 5) is 23.0. The van der Waals surface area contributed by atoms with Crippen LogP contribution in [0, 0.1) is 0 Å². The van der Waals surface area contributed by atoms with Gasteiger partial charge in [0.2, 0.25) is 0 Å². The van der Waals surface area contributed by atoms with E-state index in [1.165, 1.54) is 0 Å². The van der Waals surface area contributed by atoms with Gasteiger partial charge in [0.1, 0.15) is 35.8 Å². The van der Waals surface area contributed by atoms with Gasteiger partial charge in [0, 0.05) is 14.2 Å². The lowest BCUT2D eigenvalue weighted by molar-refractivity contribution is 0.0522. The summed E-state index contributed by atoms with van der Waals surface area (Å²) in [6.07, 6.45) is 0. The van der Waals surface area contributed by atoms with Gasteiger partial charge < -0.3 is 38.6 Å². The Morgan fingerprint density at radius 3 is 1.36 bits per heavy atom. The lowest BCUT2D eigenvalue weighted by Crippen LogP contribution is -2.15. The fourth-order valence-corrected chi connectivity index (χ4v) is 2.04. The Hall–Kier alpha value is -2.40. The molecule has 0 unspecified atom stereocenters. The average molecular weight is 402 g/mol. The molecule has 0 bridgehead atoms. The van der Waals surface area contributed by atoms with Crippen LogP contribution in [0.5, 0.6) is 11.5 Å². The van der Waals surface area contributed by atoms with Gasteiger partial charge in [0.25, 0.3) is 0 Å². The zero-order valence-electron chi connectivity index (χ0n) is 16.0. The van der Waals surface area contributed by atoms with E-state index in [0.717, 1.165) is 12.1 Å². The van der Waals surface area contributed by atoms with Gasteiger partial charge in [-0.05, 0) is 12.1 Å². The number of carboxylic acids is 2. The van der Waals surface area contributed by atoms with Gasteiger partial charge in [-0.15, -0.1) is 0 Å². The van der Waals surface area contributed by atoms with Crippen LogP contribution in [-0.2, 0) is 18.9 Å². The summed E-state index contributed by atoms with van der Waals surface area (Å²) >= 11 is 0. The number of ether oxygens (including phenoxy) is 6. The minimum Gasteiger partial charge on any atom is -0.490 e. The maximum absolute atomic E-state index is 11.5. The third kappa shape index (κ3) is 8.53. The van der Waals surface area contributed by atoms with Crippen LogP contribution >= 0.6 is 0 Å². The van der Waals surface area contributed by atoms with Crippen LogP contribution in [0.25, 0.3) is 0 Å². The molecule has 0 heterocycles. The van der Waals surface area contributed by atoms with Crippen LogP contribution in [0.1, 0.15) is 20.7 Å². The van der Waals surface area contributed by atoms with Crippen molar-refractivity contribution >= 4 is 11.9 Å². The Labute approximate surface area is 162 Å². The molecule has 0 aromatic heterocycles. The molecule has 1 aromatic carbocycles. The molecule has 0 aliphatic rings. The number of benzene rings is 1. The van der Waals surface area contributed by atoms with Crippen LogP contribution in [0.3, 0.4) is 0 Å². The first-order valence-corrected chi connectivity index (χ1v) is 8.54. The molecule has 1 aromatic rings. The van der Waals surface area contributed by atoms with Gasteiger partial charge in [-0.3, -0.25) is 0 Å². The molecule has 0 aliphatic carbocycles. The molecule has 0 radical (unpaired) electrons. The second-order valence-corrected chi connectivity index (χ2v) is 5.36. The first-order valence-electron chi connectivity index (χ1n) is 8.54. The highest BCUT2D eigenvalue weighted by molar-refractivity contribution is 5.97. The molecule has 0 saturated heterocycles. The lowest BCUT2D eigenvalue weighted by Gasteiger charge is -2.14. The molecule has 1 rings (SSSR count). The smallest absolute Gasteiger partial charge is 0.339 e. The van der Waals surface area contributed by atoms with Crippen molar-refractivity contribution < 1.29 is 48.2 Å². The van der Waals surface area contributed by atoms with Crippen molar-refractivity contribution in [2.24, 2.45) is 0 Å². The molecule has 2 N–H and O–H groups in total. The summed E-state index contributed by atoms with van der Waals surface area (Å²) in [6.45, 7) is 2.07. The zero-order valence-corrected chi connectivity index (χ0v) is 16.0. The van der Waals surface area contributed by atoms with Crippen molar-refractivity contribution in [2.75, 3.05) is 67.1 Å². The highest BCUT2D eigenvalue weighted by Gasteiger charge is 2.21. The van der Waals surface area contributed by atoms with Crippen LogP contribution in [0.15, 0.2) is 12.1 Å². The second kappa shape index (κ2) is 13.7. The molecule has 10 heteroatoms. The van der Waals surface area contributed by atoms with Crippen LogP contribution in [0.2, 0.25) is 0 Å². The maximum atomic E-state index is 11.5. The van der Waals surface area contributed by atoms with E-state index in [-0.39, 0.29) is 49.1 Å². The second-order valence-electron chi connectivity index (χ2n) is 5.36. The van der Waals surface area contributed by atoms with Gasteiger partial charge in [0.15, 0.2) is 0 Å². The molecule has 0 fully saturated rings. The highest BCUT2D eigenvalue weighted by Crippen LogP contribution is 2.29. The third-order valence-corrected chi connectivity index (χ3v) is 3.38. The van der Waals surface area contributed by atoms with Gasteiger partial charge in [-0.1, -0.05) is 0 Å². The summed E-state index contributed by atoms with van der Waals surface area (Å²) < 4.78 is 30.9. The number of carboxylic acid groups (broad SMARTS) is 2. The van der Waals surface area contributed by atoms with Crippen molar-refractivity contribution in [3.05, 3.63) is 23.3 Å². The molecule has 0 amide bonds. The Morgan fingerprint density at radius 1 is 0.679 bits per heavy atom. The molecule has 0 aliphatic heterocycles. The molecule has 28 heavy (non-hydrogen) atoms. The highest BCUT2D eigenvalue weighted by atomic mass is 16.5. The van der Waals surface area contributed by atoms with Crippen molar-refractivity contribution in [2.45, 2.75) is 0 Å². The molecule has 10 nitrogen and oxygen atoms in total. The fraction of sp³-hybridized carbons (Fsp3) is 0.556. The minimum atomic E-state index is -1.27. The molecule has 158 valence electrons. The van der Waals surface area contributed by atoms with Crippen LogP contribution < -0.4 is 9.47 Å². The quantitative estimate of drug-likeness (QED) is 0.389. The van der Waals surface area contributed by atoms with Crippen molar-refractivity contribution in [1.29, 1.82) is 0 Å². The SMILES string of the molecule is COCCOCCOc1cc(C(=O)O)c(OCCOCCOC)cc1C(=O)O. The number of aromatic carboxylic acids is 2. The largest absolute Gasteiger partial charge is 0.490 e. The number of hydrogen-bond donors (Lipinski definition) is 2. The molecule has 0 atom stereocenters. The summed E-state index contributed by atoms with van der Waals surface area (Å²) in [5.74, 6) is -2.70. The van der Waals surface area contributed by atoms with Gasteiger partial charge in [-0.2, -0.15) is 0 Å². The van der Waals surface area contributed by atoms with Crippen LogP contribution in [-0.4, -0.2) is 89.2 Å². The fourth-order valence-electron chi connectivity index (χ4n) is 2.04. The number of carbonyl (C=O) groups is 2. The molecular weight excluding hydrogens is 376 g/mol. The standard InChI is InChI=1S/C18H26O10/c1-23-3-5-25-7-9-27-15-11-14(18(21)22)16(12-13(15)17(19)20)28-10-8-26-6-4-24-2/h11-12H,3-10H2,1-2H3,(H,19,20)(H,21,22). The predicted octanol–water partition coefficient (Wildman–Crippen LogP) is 1.17. The van der Waals surface area contributed by atoms with E-state index < -0.39 is 11.9 Å². The first-order chi connectivity index (χ1) is 13.5.